The Bertz CT molecular complexity index is 797. The molecule has 0 radical (unpaired) electrons. The number of hydrogen-bond acceptors (Lipinski definition) is 1. The van der Waals surface area contributed by atoms with Crippen molar-refractivity contribution >= 4 is 0 Å². The highest BCUT2D eigenvalue weighted by Gasteiger charge is 2.01. The monoisotopic (exact) mass is 272 g/mol. The summed E-state index contributed by atoms with van der Waals surface area (Å²) in [5, 5.41) is 4.19. The maximum absolute atomic E-state index is 4.19. The Morgan fingerprint density at radius 1 is 0.810 bits per heavy atom. The second kappa shape index (κ2) is 5.68. The number of aromatic nitrogens is 2. The summed E-state index contributed by atoms with van der Waals surface area (Å²) in [6.45, 7) is 2.08. The SMILES string of the molecule is Cc1ccc(C#Cc2ccc(-c3ccnn3C)cc2)cc1. The molecule has 1 aromatic heterocycles. The second-order valence-electron chi connectivity index (χ2n) is 5.03. The Balaban J connectivity index is 1.82. The molecule has 2 nitrogen and oxygen atoms in total. The van der Waals surface area contributed by atoms with Crippen LogP contribution in [0.2, 0.25) is 0 Å². The van der Waals surface area contributed by atoms with Gasteiger partial charge >= 0.3 is 0 Å². The van der Waals surface area contributed by atoms with E-state index in [9.17, 15) is 0 Å². The van der Waals surface area contributed by atoms with Crippen LogP contribution in [-0.4, -0.2) is 9.78 Å². The molecule has 0 saturated carbocycles. The highest BCUT2D eigenvalue weighted by molar-refractivity contribution is 5.60. The van der Waals surface area contributed by atoms with E-state index in [0.717, 1.165) is 22.4 Å². The van der Waals surface area contributed by atoms with Crippen molar-refractivity contribution in [3.05, 3.63) is 77.5 Å². The van der Waals surface area contributed by atoms with Crippen molar-refractivity contribution < 1.29 is 0 Å². The quantitative estimate of drug-likeness (QED) is 0.616. The first kappa shape index (κ1) is 13.2. The molecule has 0 bridgehead atoms. The van der Waals surface area contributed by atoms with Crippen molar-refractivity contribution in [3.63, 3.8) is 0 Å². The van der Waals surface area contributed by atoms with Gasteiger partial charge in [0, 0.05) is 24.4 Å². The molecule has 1 heterocycles. The van der Waals surface area contributed by atoms with Crippen LogP contribution >= 0.6 is 0 Å². The zero-order valence-corrected chi connectivity index (χ0v) is 12.2. The molecule has 0 aliphatic rings. The van der Waals surface area contributed by atoms with E-state index in [1.54, 1.807) is 6.20 Å². The minimum Gasteiger partial charge on any atom is -0.268 e. The molecular weight excluding hydrogens is 256 g/mol. The third-order valence-electron chi connectivity index (χ3n) is 3.40. The van der Waals surface area contributed by atoms with E-state index in [1.807, 2.05) is 42.1 Å². The summed E-state index contributed by atoms with van der Waals surface area (Å²) in [6, 6.07) is 18.5. The predicted octanol–water partition coefficient (Wildman–Crippen LogP) is 3.80. The molecule has 2 aromatic carbocycles. The number of nitrogens with zero attached hydrogens (tertiary/aromatic N) is 2. The predicted molar refractivity (Wildman–Crippen MR) is 85.8 cm³/mol. The van der Waals surface area contributed by atoms with Crippen LogP contribution < -0.4 is 0 Å². The van der Waals surface area contributed by atoms with Gasteiger partial charge in [-0.3, -0.25) is 4.68 Å². The summed E-state index contributed by atoms with van der Waals surface area (Å²) in [5.74, 6) is 6.38. The van der Waals surface area contributed by atoms with E-state index in [-0.39, 0.29) is 0 Å². The Hall–Kier alpha value is -2.79. The van der Waals surface area contributed by atoms with E-state index in [4.69, 9.17) is 0 Å². The Labute approximate surface area is 125 Å². The van der Waals surface area contributed by atoms with E-state index < -0.39 is 0 Å². The van der Waals surface area contributed by atoms with E-state index >= 15 is 0 Å². The van der Waals surface area contributed by atoms with Crippen molar-refractivity contribution in [3.8, 4) is 23.1 Å². The maximum atomic E-state index is 4.19. The highest BCUT2D eigenvalue weighted by atomic mass is 15.2. The van der Waals surface area contributed by atoms with Crippen LogP contribution in [-0.2, 0) is 7.05 Å². The molecule has 0 saturated heterocycles. The fourth-order valence-electron chi connectivity index (χ4n) is 2.16. The van der Waals surface area contributed by atoms with Crippen molar-refractivity contribution in [1.82, 2.24) is 9.78 Å². The van der Waals surface area contributed by atoms with Gasteiger partial charge in [-0.2, -0.15) is 5.10 Å². The summed E-state index contributed by atoms with van der Waals surface area (Å²) >= 11 is 0. The first-order chi connectivity index (χ1) is 10.2. The maximum Gasteiger partial charge on any atom is 0.0678 e. The van der Waals surface area contributed by atoms with Gasteiger partial charge in [-0.1, -0.05) is 41.7 Å². The Morgan fingerprint density at radius 2 is 1.38 bits per heavy atom. The summed E-state index contributed by atoms with van der Waals surface area (Å²) in [4.78, 5) is 0. The molecule has 0 N–H and O–H groups in total. The number of hydrogen-bond donors (Lipinski definition) is 0. The van der Waals surface area contributed by atoms with Gasteiger partial charge in [-0.15, -0.1) is 0 Å². The van der Waals surface area contributed by atoms with Gasteiger partial charge in [0.05, 0.1) is 5.69 Å². The normalized spacial score (nSPS) is 10.0. The standard InChI is InChI=1S/C19H16N2/c1-15-3-5-16(6-4-15)7-8-17-9-11-18(12-10-17)19-13-14-20-21(19)2/h3-6,9-14H,1-2H3. The minimum atomic E-state index is 1.02. The molecule has 0 aliphatic heterocycles. The van der Waals surface area contributed by atoms with Gasteiger partial charge < -0.3 is 0 Å². The lowest BCUT2D eigenvalue weighted by Crippen LogP contribution is -1.92. The van der Waals surface area contributed by atoms with Crippen molar-refractivity contribution in [1.29, 1.82) is 0 Å². The molecular formula is C19H16N2. The lowest BCUT2D eigenvalue weighted by atomic mass is 10.1. The largest absolute Gasteiger partial charge is 0.268 e. The van der Waals surface area contributed by atoms with Gasteiger partial charge in [-0.05, 0) is 42.8 Å². The zero-order chi connectivity index (χ0) is 14.7. The van der Waals surface area contributed by atoms with Crippen LogP contribution in [0.1, 0.15) is 16.7 Å². The molecule has 21 heavy (non-hydrogen) atoms. The van der Waals surface area contributed by atoms with Crippen LogP contribution in [0.25, 0.3) is 11.3 Å². The molecule has 0 amide bonds. The van der Waals surface area contributed by atoms with E-state index in [1.165, 1.54) is 5.56 Å². The van der Waals surface area contributed by atoms with Crippen molar-refractivity contribution in [2.45, 2.75) is 6.92 Å². The van der Waals surface area contributed by atoms with Gasteiger partial charge in [0.25, 0.3) is 0 Å². The van der Waals surface area contributed by atoms with E-state index in [2.05, 4.69) is 48.1 Å². The fourth-order valence-corrected chi connectivity index (χ4v) is 2.16. The zero-order valence-electron chi connectivity index (χ0n) is 12.2. The van der Waals surface area contributed by atoms with Gasteiger partial charge in [0.15, 0.2) is 0 Å². The summed E-state index contributed by atoms with van der Waals surface area (Å²) in [5.41, 5.74) is 5.56. The number of benzene rings is 2. The average molecular weight is 272 g/mol. The third kappa shape index (κ3) is 3.04. The molecule has 102 valence electrons. The Kier molecular flexibility index (Phi) is 3.57. The van der Waals surface area contributed by atoms with Crippen LogP contribution in [0, 0.1) is 18.8 Å². The molecule has 0 aliphatic carbocycles. The first-order valence-corrected chi connectivity index (χ1v) is 6.89. The van der Waals surface area contributed by atoms with Gasteiger partial charge in [0.2, 0.25) is 0 Å². The molecule has 3 rings (SSSR count). The van der Waals surface area contributed by atoms with Gasteiger partial charge in [-0.25, -0.2) is 0 Å². The van der Waals surface area contributed by atoms with Crippen LogP contribution in [0.15, 0.2) is 60.8 Å². The van der Waals surface area contributed by atoms with Crippen molar-refractivity contribution in [2.24, 2.45) is 7.05 Å². The summed E-state index contributed by atoms with van der Waals surface area (Å²) in [6.07, 6.45) is 1.81. The summed E-state index contributed by atoms with van der Waals surface area (Å²) < 4.78 is 1.87. The lowest BCUT2D eigenvalue weighted by molar-refractivity contribution is 0.776. The smallest absolute Gasteiger partial charge is 0.0678 e. The van der Waals surface area contributed by atoms with Crippen LogP contribution in [0.5, 0.6) is 0 Å². The molecule has 3 aromatic rings. The highest BCUT2D eigenvalue weighted by Crippen LogP contribution is 2.18. The average Bonchev–Trinajstić information content (AvgIpc) is 2.93. The first-order valence-electron chi connectivity index (χ1n) is 6.89. The molecule has 0 spiro atoms. The molecule has 0 atom stereocenters. The van der Waals surface area contributed by atoms with Crippen LogP contribution in [0.4, 0.5) is 0 Å². The molecule has 0 unspecified atom stereocenters. The van der Waals surface area contributed by atoms with Crippen LogP contribution in [0.3, 0.4) is 0 Å². The minimum absolute atomic E-state index is 1.02. The molecule has 0 fully saturated rings. The summed E-state index contributed by atoms with van der Waals surface area (Å²) in [7, 11) is 1.94. The second-order valence-corrected chi connectivity index (χ2v) is 5.03. The Morgan fingerprint density at radius 3 is 1.90 bits per heavy atom. The van der Waals surface area contributed by atoms with Crippen molar-refractivity contribution in [2.75, 3.05) is 0 Å². The molecule has 2 heteroatoms. The lowest BCUT2D eigenvalue weighted by Gasteiger charge is -2.01. The topological polar surface area (TPSA) is 17.8 Å². The number of rotatable bonds is 1. The fraction of sp³-hybridized carbons (Fsp3) is 0.105. The van der Waals surface area contributed by atoms with Gasteiger partial charge in [0.1, 0.15) is 0 Å². The van der Waals surface area contributed by atoms with E-state index in [0.29, 0.717) is 0 Å². The number of aryl methyl sites for hydroxylation is 2. The third-order valence-corrected chi connectivity index (χ3v) is 3.40.